The van der Waals surface area contributed by atoms with E-state index >= 15 is 0 Å². The summed E-state index contributed by atoms with van der Waals surface area (Å²) in [5.74, 6) is 0.985. The Hall–Kier alpha value is -1.76. The highest BCUT2D eigenvalue weighted by Crippen LogP contribution is 2.33. The first kappa shape index (κ1) is 16.6. The third kappa shape index (κ3) is 4.37. The van der Waals surface area contributed by atoms with Crippen molar-refractivity contribution in [2.24, 2.45) is 0 Å². The summed E-state index contributed by atoms with van der Waals surface area (Å²) in [6.07, 6.45) is -1.68. The zero-order valence-electron chi connectivity index (χ0n) is 11.9. The van der Waals surface area contributed by atoms with Crippen LogP contribution in [-0.4, -0.2) is 10.1 Å². The molecule has 1 heterocycles. The molecule has 0 radical (unpaired) electrons. The van der Waals surface area contributed by atoms with Gasteiger partial charge < -0.3 is 9.84 Å². The highest BCUT2D eigenvalue weighted by Gasteiger charge is 2.30. The van der Waals surface area contributed by atoms with Crippen molar-refractivity contribution < 1.29 is 17.7 Å². The molecular formula is C14H15ClF3N3O. The van der Waals surface area contributed by atoms with Crippen LogP contribution < -0.4 is 5.32 Å². The molecule has 1 N–H and O–H groups in total. The van der Waals surface area contributed by atoms with E-state index in [4.69, 9.17) is 16.1 Å². The number of hydrogen-bond donors (Lipinski definition) is 1. The van der Waals surface area contributed by atoms with Gasteiger partial charge in [0.1, 0.15) is 0 Å². The number of aromatic nitrogens is 2. The van der Waals surface area contributed by atoms with Crippen LogP contribution in [0.15, 0.2) is 22.7 Å². The Balaban J connectivity index is 1.98. The van der Waals surface area contributed by atoms with E-state index in [0.717, 1.165) is 31.4 Å². The lowest BCUT2D eigenvalue weighted by Gasteiger charge is -2.10. The molecule has 1 aromatic carbocycles. The fourth-order valence-electron chi connectivity index (χ4n) is 1.80. The Bertz CT molecular complexity index is 628. The molecule has 8 heteroatoms. The van der Waals surface area contributed by atoms with Gasteiger partial charge in [0.25, 0.3) is 0 Å². The monoisotopic (exact) mass is 333 g/mol. The van der Waals surface area contributed by atoms with Crippen molar-refractivity contribution in [3.05, 3.63) is 40.5 Å². The normalized spacial score (nSPS) is 11.7. The second-order valence-electron chi connectivity index (χ2n) is 4.75. The number of alkyl halides is 3. The lowest BCUT2D eigenvalue weighted by molar-refractivity contribution is -0.137. The molecule has 0 aliphatic heterocycles. The third-order valence-corrected chi connectivity index (χ3v) is 3.30. The van der Waals surface area contributed by atoms with Crippen molar-refractivity contribution in [3.8, 4) is 0 Å². The van der Waals surface area contributed by atoms with E-state index in [1.165, 1.54) is 6.07 Å². The van der Waals surface area contributed by atoms with Gasteiger partial charge >= 0.3 is 6.18 Å². The van der Waals surface area contributed by atoms with Gasteiger partial charge in [-0.05, 0) is 24.6 Å². The number of benzene rings is 1. The van der Waals surface area contributed by atoms with Crippen molar-refractivity contribution in [1.82, 2.24) is 10.1 Å². The third-order valence-electron chi connectivity index (χ3n) is 2.99. The molecule has 0 atom stereocenters. The number of nitrogens with one attached hydrogen (secondary N) is 1. The van der Waals surface area contributed by atoms with E-state index in [1.54, 1.807) is 0 Å². The molecule has 4 nitrogen and oxygen atoms in total. The number of halogens is 4. The summed E-state index contributed by atoms with van der Waals surface area (Å²) in [5.41, 5.74) is -0.411. The summed E-state index contributed by atoms with van der Waals surface area (Å²) in [6.45, 7) is 2.26. The van der Waals surface area contributed by atoms with Crippen LogP contribution >= 0.6 is 11.6 Å². The van der Waals surface area contributed by atoms with Gasteiger partial charge in [0.15, 0.2) is 5.82 Å². The van der Waals surface area contributed by atoms with Crippen molar-refractivity contribution in [2.45, 2.75) is 38.9 Å². The highest BCUT2D eigenvalue weighted by atomic mass is 35.5. The number of nitrogens with zero attached hydrogens (tertiary/aromatic N) is 2. The topological polar surface area (TPSA) is 51.0 Å². The smallest absolute Gasteiger partial charge is 0.375 e. The first-order chi connectivity index (χ1) is 10.4. The minimum Gasteiger partial charge on any atom is -0.375 e. The average molecular weight is 334 g/mol. The minimum atomic E-state index is -4.41. The van der Waals surface area contributed by atoms with Gasteiger partial charge in [0.05, 0.1) is 22.8 Å². The second kappa shape index (κ2) is 7.00. The van der Waals surface area contributed by atoms with Crippen LogP contribution in [-0.2, 0) is 19.1 Å². The van der Waals surface area contributed by atoms with Gasteiger partial charge in [-0.3, -0.25) is 0 Å². The maximum Gasteiger partial charge on any atom is 0.416 e. The summed E-state index contributed by atoms with van der Waals surface area (Å²) >= 11 is 5.85. The number of unbranched alkanes of at least 4 members (excludes halogenated alkanes) is 1. The van der Waals surface area contributed by atoms with E-state index < -0.39 is 11.7 Å². The number of rotatable bonds is 6. The number of hydrogen-bond acceptors (Lipinski definition) is 4. The van der Waals surface area contributed by atoms with Crippen LogP contribution in [0.25, 0.3) is 0 Å². The average Bonchev–Trinajstić information content (AvgIpc) is 2.90. The Morgan fingerprint density at radius 2 is 2.09 bits per heavy atom. The predicted octanol–water partition coefficient (Wildman–Crippen LogP) is 4.70. The molecule has 0 bridgehead atoms. The Morgan fingerprint density at radius 1 is 1.32 bits per heavy atom. The molecule has 2 rings (SSSR count). The van der Waals surface area contributed by atoms with Crippen LogP contribution in [0.2, 0.25) is 5.02 Å². The predicted molar refractivity (Wildman–Crippen MR) is 76.7 cm³/mol. The lowest BCUT2D eigenvalue weighted by atomic mass is 10.2. The van der Waals surface area contributed by atoms with Gasteiger partial charge in [-0.1, -0.05) is 30.1 Å². The molecule has 0 aliphatic carbocycles. The first-order valence-corrected chi connectivity index (χ1v) is 7.20. The largest absolute Gasteiger partial charge is 0.416 e. The maximum atomic E-state index is 12.5. The summed E-state index contributed by atoms with van der Waals surface area (Å²) in [4.78, 5) is 4.19. The van der Waals surface area contributed by atoms with Crippen LogP contribution in [0.4, 0.5) is 18.9 Å². The highest BCUT2D eigenvalue weighted by molar-refractivity contribution is 6.33. The SMILES string of the molecule is CCCCc1noc(CNc2ccc(C(F)(F)F)cc2Cl)n1. The molecule has 2 aromatic rings. The fourth-order valence-corrected chi connectivity index (χ4v) is 2.05. The van der Waals surface area contributed by atoms with Crippen LogP contribution in [0.1, 0.15) is 37.0 Å². The number of anilines is 1. The van der Waals surface area contributed by atoms with Crippen molar-refractivity contribution in [2.75, 3.05) is 5.32 Å². The number of aryl methyl sites for hydroxylation is 1. The van der Waals surface area contributed by atoms with E-state index in [1.807, 2.05) is 0 Å². The Morgan fingerprint density at radius 3 is 2.73 bits per heavy atom. The molecule has 0 unspecified atom stereocenters. The summed E-state index contributed by atoms with van der Waals surface area (Å²) < 4.78 is 42.7. The molecule has 0 saturated heterocycles. The standard InChI is InChI=1S/C14H15ClF3N3O/c1-2-3-4-12-20-13(22-21-12)8-19-11-6-5-9(7-10(11)15)14(16,17)18/h5-7,19H,2-4,8H2,1H3. The van der Waals surface area contributed by atoms with Gasteiger partial charge in [0, 0.05) is 6.42 Å². The molecule has 0 aliphatic rings. The maximum absolute atomic E-state index is 12.5. The van der Waals surface area contributed by atoms with Crippen molar-refractivity contribution in [1.29, 1.82) is 0 Å². The molecule has 0 spiro atoms. The molecule has 22 heavy (non-hydrogen) atoms. The summed E-state index contributed by atoms with van der Waals surface area (Å²) in [6, 6.07) is 3.12. The Kier molecular flexibility index (Phi) is 5.28. The molecule has 0 fully saturated rings. The molecular weight excluding hydrogens is 319 g/mol. The molecule has 0 saturated carbocycles. The van der Waals surface area contributed by atoms with Crippen molar-refractivity contribution in [3.63, 3.8) is 0 Å². The van der Waals surface area contributed by atoms with Gasteiger partial charge in [-0.2, -0.15) is 18.2 Å². The van der Waals surface area contributed by atoms with E-state index in [2.05, 4.69) is 22.4 Å². The van der Waals surface area contributed by atoms with E-state index in [0.29, 0.717) is 17.4 Å². The van der Waals surface area contributed by atoms with Gasteiger partial charge in [-0.25, -0.2) is 0 Å². The van der Waals surface area contributed by atoms with Crippen LogP contribution in [0, 0.1) is 0 Å². The van der Waals surface area contributed by atoms with Crippen LogP contribution in [0.3, 0.4) is 0 Å². The Labute approximate surface area is 130 Å². The summed E-state index contributed by atoms with van der Waals surface area (Å²) in [5, 5.41) is 6.70. The zero-order valence-corrected chi connectivity index (χ0v) is 12.6. The molecule has 1 aromatic heterocycles. The lowest BCUT2D eigenvalue weighted by Crippen LogP contribution is -2.06. The van der Waals surface area contributed by atoms with Gasteiger partial charge in [-0.15, -0.1) is 0 Å². The second-order valence-corrected chi connectivity index (χ2v) is 5.16. The zero-order chi connectivity index (χ0) is 16.2. The minimum absolute atomic E-state index is 0.0134. The van der Waals surface area contributed by atoms with Gasteiger partial charge in [0.2, 0.25) is 5.89 Å². The molecule has 0 amide bonds. The van der Waals surface area contributed by atoms with Crippen molar-refractivity contribution >= 4 is 17.3 Å². The quantitative estimate of drug-likeness (QED) is 0.832. The van der Waals surface area contributed by atoms with E-state index in [9.17, 15) is 13.2 Å². The fraction of sp³-hybridized carbons (Fsp3) is 0.429. The molecule has 120 valence electrons. The first-order valence-electron chi connectivity index (χ1n) is 6.82. The van der Waals surface area contributed by atoms with Crippen LogP contribution in [0.5, 0.6) is 0 Å². The van der Waals surface area contributed by atoms with E-state index in [-0.39, 0.29) is 11.6 Å². The summed E-state index contributed by atoms with van der Waals surface area (Å²) in [7, 11) is 0.